The van der Waals surface area contributed by atoms with Gasteiger partial charge in [-0.3, -0.25) is 0 Å². The predicted molar refractivity (Wildman–Crippen MR) is 82.9 cm³/mol. The Hall–Kier alpha value is -2.47. The molecule has 0 saturated carbocycles. The van der Waals surface area contributed by atoms with Crippen LogP contribution in [0, 0.1) is 5.82 Å². The lowest BCUT2D eigenvalue weighted by Crippen LogP contribution is -2.27. The summed E-state index contributed by atoms with van der Waals surface area (Å²) in [5, 5.41) is 15.1. The summed E-state index contributed by atoms with van der Waals surface area (Å²) in [6.07, 6.45) is 0. The molecule has 21 heavy (non-hydrogen) atoms. The second-order valence-corrected chi connectivity index (χ2v) is 4.73. The summed E-state index contributed by atoms with van der Waals surface area (Å²) in [5.41, 5.74) is 1.66. The van der Waals surface area contributed by atoms with Gasteiger partial charge in [0.15, 0.2) is 5.11 Å². The number of carbonyl (C=O) groups is 1. The van der Waals surface area contributed by atoms with Gasteiger partial charge in [0.2, 0.25) is 0 Å². The molecule has 2 aromatic carbocycles. The van der Waals surface area contributed by atoms with E-state index in [9.17, 15) is 9.18 Å². The third kappa shape index (κ3) is 4.54. The van der Waals surface area contributed by atoms with E-state index in [1.165, 1.54) is 24.3 Å². The summed E-state index contributed by atoms with van der Waals surface area (Å²) >= 11 is 5.13. The number of rotatable bonds is 4. The summed E-state index contributed by atoms with van der Waals surface area (Å²) < 4.78 is 12.8. The molecule has 0 aliphatic rings. The van der Waals surface area contributed by atoms with Crippen LogP contribution in [-0.4, -0.2) is 16.2 Å². The fourth-order valence-electron chi connectivity index (χ4n) is 1.69. The summed E-state index contributed by atoms with van der Waals surface area (Å²) in [4.78, 5) is 10.9. The molecule has 0 fully saturated rings. The zero-order valence-electron chi connectivity index (χ0n) is 11.0. The molecule has 0 unspecified atom stereocenters. The smallest absolute Gasteiger partial charge is 0.335 e. The fourth-order valence-corrected chi connectivity index (χ4v) is 1.88. The highest BCUT2D eigenvalue weighted by Crippen LogP contribution is 2.10. The molecule has 108 valence electrons. The first-order chi connectivity index (χ1) is 10.0. The number of benzene rings is 2. The number of hydrogen-bond donors (Lipinski definition) is 3. The van der Waals surface area contributed by atoms with Gasteiger partial charge in [-0.2, -0.15) is 0 Å². The minimum absolute atomic E-state index is 0.182. The standard InChI is InChI=1S/C15H13FN2O2S/c16-12-6-4-10(5-7-12)9-17-15(21)18-13-3-1-2-11(8-13)14(19)20/h1-8H,9H2,(H,19,20)(H2,17,18,21). The zero-order valence-corrected chi connectivity index (χ0v) is 11.8. The number of anilines is 1. The SMILES string of the molecule is O=C(O)c1cccc(NC(=S)NCc2ccc(F)cc2)c1. The Balaban J connectivity index is 1.91. The number of thiocarbonyl (C=S) groups is 1. The molecule has 0 spiro atoms. The highest BCUT2D eigenvalue weighted by Gasteiger charge is 2.04. The zero-order chi connectivity index (χ0) is 15.2. The van der Waals surface area contributed by atoms with E-state index in [2.05, 4.69) is 10.6 Å². The van der Waals surface area contributed by atoms with E-state index < -0.39 is 5.97 Å². The molecule has 0 amide bonds. The number of carboxylic acid groups (broad SMARTS) is 1. The Bertz CT molecular complexity index is 659. The first-order valence-corrected chi connectivity index (χ1v) is 6.58. The Morgan fingerprint density at radius 1 is 1.19 bits per heavy atom. The van der Waals surface area contributed by atoms with Gasteiger partial charge in [0, 0.05) is 12.2 Å². The van der Waals surface area contributed by atoms with Crippen LogP contribution < -0.4 is 10.6 Å². The van der Waals surface area contributed by atoms with E-state index in [1.54, 1.807) is 24.3 Å². The van der Waals surface area contributed by atoms with E-state index in [0.717, 1.165) is 5.56 Å². The van der Waals surface area contributed by atoms with Crippen LogP contribution in [0.15, 0.2) is 48.5 Å². The second kappa shape index (κ2) is 6.81. The van der Waals surface area contributed by atoms with Crippen molar-refractivity contribution in [2.45, 2.75) is 6.54 Å². The van der Waals surface area contributed by atoms with Gasteiger partial charge in [-0.25, -0.2) is 9.18 Å². The number of aromatic carboxylic acids is 1. The number of hydrogen-bond acceptors (Lipinski definition) is 2. The Kier molecular flexibility index (Phi) is 4.84. The van der Waals surface area contributed by atoms with Crippen molar-refractivity contribution < 1.29 is 14.3 Å². The van der Waals surface area contributed by atoms with Crippen molar-refractivity contribution in [2.24, 2.45) is 0 Å². The summed E-state index contributed by atoms with van der Waals surface area (Å²) in [6.45, 7) is 0.449. The molecule has 4 nitrogen and oxygen atoms in total. The number of halogens is 1. The average Bonchev–Trinajstić information content (AvgIpc) is 2.47. The third-order valence-corrected chi connectivity index (χ3v) is 2.98. The summed E-state index contributed by atoms with van der Waals surface area (Å²) in [6, 6.07) is 12.4. The quantitative estimate of drug-likeness (QED) is 0.758. The van der Waals surface area contributed by atoms with Crippen LogP contribution >= 0.6 is 12.2 Å². The minimum Gasteiger partial charge on any atom is -0.478 e. The molecule has 0 aromatic heterocycles. The van der Waals surface area contributed by atoms with Gasteiger partial charge in [-0.1, -0.05) is 18.2 Å². The highest BCUT2D eigenvalue weighted by molar-refractivity contribution is 7.80. The summed E-state index contributed by atoms with van der Waals surface area (Å²) in [5.74, 6) is -1.28. The highest BCUT2D eigenvalue weighted by atomic mass is 32.1. The second-order valence-electron chi connectivity index (χ2n) is 4.32. The first kappa shape index (κ1) is 14.9. The van der Waals surface area contributed by atoms with Gasteiger partial charge >= 0.3 is 5.97 Å². The number of carboxylic acids is 1. The molecule has 2 rings (SSSR count). The molecule has 0 aliphatic carbocycles. The van der Waals surface area contributed by atoms with Crippen LogP contribution in [-0.2, 0) is 6.54 Å². The monoisotopic (exact) mass is 304 g/mol. The molecule has 0 aliphatic heterocycles. The Labute approximate surface area is 126 Å². The molecular formula is C15H13FN2O2S. The molecule has 0 atom stereocenters. The maximum atomic E-state index is 12.8. The van der Waals surface area contributed by atoms with Gasteiger partial charge in [0.1, 0.15) is 5.82 Å². The van der Waals surface area contributed by atoms with E-state index in [1.807, 2.05) is 0 Å². The Morgan fingerprint density at radius 3 is 2.57 bits per heavy atom. The molecule has 3 N–H and O–H groups in total. The van der Waals surface area contributed by atoms with Crippen molar-refractivity contribution in [3.8, 4) is 0 Å². The molecule has 0 heterocycles. The molecule has 0 saturated heterocycles. The van der Waals surface area contributed by atoms with Gasteiger partial charge in [0.25, 0.3) is 0 Å². The maximum absolute atomic E-state index is 12.8. The van der Waals surface area contributed by atoms with Gasteiger partial charge < -0.3 is 15.7 Å². The van der Waals surface area contributed by atoms with Crippen LogP contribution in [0.2, 0.25) is 0 Å². The molecule has 0 radical (unpaired) electrons. The topological polar surface area (TPSA) is 61.4 Å². The largest absolute Gasteiger partial charge is 0.478 e. The van der Waals surface area contributed by atoms with Gasteiger partial charge in [-0.05, 0) is 48.1 Å². The maximum Gasteiger partial charge on any atom is 0.335 e. The molecule has 2 aromatic rings. The lowest BCUT2D eigenvalue weighted by Gasteiger charge is -2.11. The average molecular weight is 304 g/mol. The number of nitrogens with one attached hydrogen (secondary N) is 2. The Morgan fingerprint density at radius 2 is 1.90 bits per heavy atom. The molecule has 6 heteroatoms. The van der Waals surface area contributed by atoms with Crippen LogP contribution in [0.4, 0.5) is 10.1 Å². The predicted octanol–water partition coefficient (Wildman–Crippen LogP) is 3.01. The van der Waals surface area contributed by atoms with Crippen molar-refractivity contribution in [1.29, 1.82) is 0 Å². The van der Waals surface area contributed by atoms with Crippen LogP contribution in [0.1, 0.15) is 15.9 Å². The van der Waals surface area contributed by atoms with E-state index in [4.69, 9.17) is 17.3 Å². The third-order valence-electron chi connectivity index (χ3n) is 2.73. The minimum atomic E-state index is -0.996. The van der Waals surface area contributed by atoms with E-state index in [-0.39, 0.29) is 11.4 Å². The fraction of sp³-hybridized carbons (Fsp3) is 0.0667. The van der Waals surface area contributed by atoms with Crippen molar-refractivity contribution in [3.63, 3.8) is 0 Å². The van der Waals surface area contributed by atoms with E-state index in [0.29, 0.717) is 17.3 Å². The first-order valence-electron chi connectivity index (χ1n) is 6.17. The van der Waals surface area contributed by atoms with E-state index >= 15 is 0 Å². The van der Waals surface area contributed by atoms with Gasteiger partial charge in [-0.15, -0.1) is 0 Å². The summed E-state index contributed by atoms with van der Waals surface area (Å²) in [7, 11) is 0. The van der Waals surface area contributed by atoms with Crippen molar-refractivity contribution in [1.82, 2.24) is 5.32 Å². The van der Waals surface area contributed by atoms with Crippen molar-refractivity contribution >= 4 is 29.0 Å². The van der Waals surface area contributed by atoms with Crippen molar-refractivity contribution in [2.75, 3.05) is 5.32 Å². The van der Waals surface area contributed by atoms with Crippen LogP contribution in [0.3, 0.4) is 0 Å². The van der Waals surface area contributed by atoms with Crippen molar-refractivity contribution in [3.05, 3.63) is 65.5 Å². The van der Waals surface area contributed by atoms with Gasteiger partial charge in [0.05, 0.1) is 5.56 Å². The lowest BCUT2D eigenvalue weighted by atomic mass is 10.2. The normalized spacial score (nSPS) is 9.95. The molecular weight excluding hydrogens is 291 g/mol. The van der Waals surface area contributed by atoms with Crippen LogP contribution in [0.25, 0.3) is 0 Å². The molecule has 0 bridgehead atoms. The van der Waals surface area contributed by atoms with Crippen LogP contribution in [0.5, 0.6) is 0 Å². The lowest BCUT2D eigenvalue weighted by molar-refractivity contribution is 0.0697.